The van der Waals surface area contributed by atoms with Gasteiger partial charge in [-0.2, -0.15) is 5.10 Å². The van der Waals surface area contributed by atoms with Gasteiger partial charge in [-0.1, -0.05) is 11.6 Å². The van der Waals surface area contributed by atoms with Crippen LogP contribution in [0.2, 0.25) is 5.02 Å². The molecular formula is C21H19ClF2N4O2. The van der Waals surface area contributed by atoms with Crippen molar-refractivity contribution < 1.29 is 18.3 Å². The topological polar surface area (TPSA) is 59.4 Å². The maximum Gasteiger partial charge on any atom is 0.322 e. The number of aryl methyl sites for hydroxylation is 1. The molecule has 2 heterocycles. The van der Waals surface area contributed by atoms with Gasteiger partial charge < -0.3 is 15.0 Å². The Hall–Kier alpha value is -3.13. The minimum Gasteiger partial charge on any atom is -0.487 e. The van der Waals surface area contributed by atoms with Crippen molar-refractivity contribution in [3.05, 3.63) is 76.1 Å². The van der Waals surface area contributed by atoms with Crippen molar-refractivity contribution in [2.75, 3.05) is 11.9 Å². The second-order valence-electron chi connectivity index (χ2n) is 7.00. The van der Waals surface area contributed by atoms with Crippen LogP contribution in [0, 0.1) is 11.6 Å². The number of urea groups is 1. The highest BCUT2D eigenvalue weighted by Crippen LogP contribution is 2.25. The smallest absolute Gasteiger partial charge is 0.322 e. The van der Waals surface area contributed by atoms with Gasteiger partial charge in [0.15, 0.2) is 0 Å². The number of carbonyl (C=O) groups is 1. The predicted molar refractivity (Wildman–Crippen MR) is 108 cm³/mol. The number of carbonyl (C=O) groups excluding carboxylic acids is 1. The van der Waals surface area contributed by atoms with Crippen molar-refractivity contribution >= 4 is 23.3 Å². The molecule has 0 unspecified atom stereocenters. The number of ether oxygens (including phenoxy) is 1. The maximum absolute atomic E-state index is 13.4. The molecule has 3 aromatic rings. The summed E-state index contributed by atoms with van der Waals surface area (Å²) < 4.78 is 34.1. The molecule has 0 saturated carbocycles. The largest absolute Gasteiger partial charge is 0.487 e. The molecule has 0 saturated heterocycles. The van der Waals surface area contributed by atoms with Crippen LogP contribution in [-0.4, -0.2) is 27.3 Å². The summed E-state index contributed by atoms with van der Waals surface area (Å²) in [6, 6.07) is 9.66. The molecule has 0 aliphatic carbocycles. The normalized spacial score (nSPS) is 13.1. The third-order valence-corrected chi connectivity index (χ3v) is 5.17. The number of amides is 2. The van der Waals surface area contributed by atoms with Crippen LogP contribution in [0.15, 0.2) is 42.5 Å². The molecule has 1 aliphatic heterocycles. The third kappa shape index (κ3) is 4.38. The summed E-state index contributed by atoms with van der Waals surface area (Å²) in [5.41, 5.74) is 3.17. The first-order valence-corrected chi connectivity index (χ1v) is 9.71. The zero-order valence-corrected chi connectivity index (χ0v) is 16.9. The van der Waals surface area contributed by atoms with E-state index in [-0.39, 0.29) is 18.4 Å². The molecule has 0 fully saturated rings. The highest BCUT2D eigenvalue weighted by atomic mass is 35.5. The Morgan fingerprint density at radius 3 is 2.60 bits per heavy atom. The second kappa shape index (κ2) is 8.31. The molecule has 2 aromatic carbocycles. The van der Waals surface area contributed by atoms with Gasteiger partial charge in [0, 0.05) is 60.2 Å². The lowest BCUT2D eigenvalue weighted by Crippen LogP contribution is -2.39. The summed E-state index contributed by atoms with van der Waals surface area (Å²) in [6.07, 6.45) is 0.640. The first kappa shape index (κ1) is 20.2. The molecule has 1 aliphatic rings. The number of hydrogen-bond donors (Lipinski definition) is 1. The van der Waals surface area contributed by atoms with Gasteiger partial charge in [-0.3, -0.25) is 4.68 Å². The van der Waals surface area contributed by atoms with Gasteiger partial charge in [-0.05, 0) is 24.3 Å². The monoisotopic (exact) mass is 432 g/mol. The van der Waals surface area contributed by atoms with Crippen molar-refractivity contribution in [2.45, 2.75) is 19.6 Å². The summed E-state index contributed by atoms with van der Waals surface area (Å²) in [4.78, 5) is 14.4. The van der Waals surface area contributed by atoms with E-state index < -0.39 is 11.6 Å². The van der Waals surface area contributed by atoms with Crippen LogP contribution >= 0.6 is 11.6 Å². The molecule has 156 valence electrons. The molecule has 9 heteroatoms. The zero-order chi connectivity index (χ0) is 21.3. The van der Waals surface area contributed by atoms with E-state index in [0.29, 0.717) is 35.9 Å². The minimum atomic E-state index is -0.710. The summed E-state index contributed by atoms with van der Waals surface area (Å²) in [7, 11) is 1.83. The van der Waals surface area contributed by atoms with Crippen LogP contribution in [0.25, 0.3) is 0 Å². The number of rotatable bonds is 4. The summed E-state index contributed by atoms with van der Waals surface area (Å²) in [6.45, 7) is 0.943. The van der Waals surface area contributed by atoms with Crippen LogP contribution in [-0.2, 0) is 26.6 Å². The fourth-order valence-electron chi connectivity index (χ4n) is 3.46. The van der Waals surface area contributed by atoms with E-state index in [9.17, 15) is 13.6 Å². The number of hydrogen-bond acceptors (Lipinski definition) is 3. The average molecular weight is 433 g/mol. The predicted octanol–water partition coefficient (Wildman–Crippen LogP) is 4.52. The number of aromatic nitrogens is 2. The van der Waals surface area contributed by atoms with E-state index in [1.807, 2.05) is 7.05 Å². The Balaban J connectivity index is 1.47. The first-order valence-electron chi connectivity index (χ1n) is 9.33. The van der Waals surface area contributed by atoms with E-state index in [1.54, 1.807) is 33.8 Å². The van der Waals surface area contributed by atoms with E-state index in [1.165, 1.54) is 0 Å². The van der Waals surface area contributed by atoms with Crippen LogP contribution in [0.3, 0.4) is 0 Å². The highest BCUT2D eigenvalue weighted by molar-refractivity contribution is 6.30. The van der Waals surface area contributed by atoms with Crippen LogP contribution in [0.5, 0.6) is 5.75 Å². The Morgan fingerprint density at radius 2 is 1.90 bits per heavy atom. The maximum atomic E-state index is 13.4. The Kier molecular flexibility index (Phi) is 5.59. The van der Waals surface area contributed by atoms with Gasteiger partial charge in [0.25, 0.3) is 0 Å². The number of nitrogens with zero attached hydrogens (tertiary/aromatic N) is 3. The first-order chi connectivity index (χ1) is 14.4. The van der Waals surface area contributed by atoms with E-state index >= 15 is 0 Å². The lowest BCUT2D eigenvalue weighted by Gasteiger charge is -2.28. The van der Waals surface area contributed by atoms with Gasteiger partial charge in [0.2, 0.25) is 0 Å². The van der Waals surface area contributed by atoms with E-state index in [4.69, 9.17) is 16.3 Å². The number of fused-ring (bicyclic) bond motifs is 1. The van der Waals surface area contributed by atoms with Gasteiger partial charge >= 0.3 is 6.03 Å². The van der Waals surface area contributed by atoms with Crippen LogP contribution in [0.1, 0.15) is 17.0 Å². The molecule has 0 spiro atoms. The highest BCUT2D eigenvalue weighted by Gasteiger charge is 2.27. The van der Waals surface area contributed by atoms with Gasteiger partial charge in [0.05, 0.1) is 6.54 Å². The molecule has 0 bridgehead atoms. The third-order valence-electron chi connectivity index (χ3n) is 4.92. The molecule has 2 amide bonds. The van der Waals surface area contributed by atoms with Crippen molar-refractivity contribution in [3.8, 4) is 5.75 Å². The molecule has 4 rings (SSSR count). The van der Waals surface area contributed by atoms with E-state index in [2.05, 4.69) is 10.4 Å². The van der Waals surface area contributed by atoms with Crippen molar-refractivity contribution in [3.63, 3.8) is 0 Å². The van der Waals surface area contributed by atoms with Gasteiger partial charge in [0.1, 0.15) is 29.7 Å². The molecule has 30 heavy (non-hydrogen) atoms. The van der Waals surface area contributed by atoms with Gasteiger partial charge in [-0.25, -0.2) is 13.6 Å². The number of anilines is 1. The Labute approximate surface area is 177 Å². The van der Waals surface area contributed by atoms with Crippen molar-refractivity contribution in [1.82, 2.24) is 14.7 Å². The van der Waals surface area contributed by atoms with Crippen LogP contribution in [0.4, 0.5) is 19.3 Å². The fraction of sp³-hybridized carbons (Fsp3) is 0.238. The number of halogens is 3. The average Bonchev–Trinajstić information content (AvgIpc) is 3.02. The molecule has 6 nitrogen and oxygen atoms in total. The molecule has 1 aromatic heterocycles. The SMILES string of the molecule is Cn1nc(COc2cc(F)cc(F)c2)c2c1CCN(C(=O)Nc1ccc(Cl)cc1)C2. The number of benzene rings is 2. The Morgan fingerprint density at radius 1 is 1.20 bits per heavy atom. The lowest BCUT2D eigenvalue weighted by molar-refractivity contribution is 0.205. The standard InChI is InChI=1S/C21H19ClF2N4O2/c1-27-20-6-7-28(21(29)25-16-4-2-13(22)3-5-16)11-18(20)19(26-27)12-30-17-9-14(23)8-15(24)10-17/h2-5,8-10H,6-7,11-12H2,1H3,(H,25,29). The summed E-state index contributed by atoms with van der Waals surface area (Å²) >= 11 is 5.88. The molecule has 0 atom stereocenters. The van der Waals surface area contributed by atoms with Gasteiger partial charge in [-0.15, -0.1) is 0 Å². The summed E-state index contributed by atoms with van der Waals surface area (Å²) in [5, 5.41) is 7.92. The molecular weight excluding hydrogens is 414 g/mol. The minimum absolute atomic E-state index is 0.0404. The zero-order valence-electron chi connectivity index (χ0n) is 16.2. The lowest BCUT2D eigenvalue weighted by atomic mass is 10.1. The fourth-order valence-corrected chi connectivity index (χ4v) is 3.58. The Bertz CT molecular complexity index is 1070. The van der Waals surface area contributed by atoms with Crippen molar-refractivity contribution in [1.29, 1.82) is 0 Å². The van der Waals surface area contributed by atoms with Crippen LogP contribution < -0.4 is 10.1 Å². The second-order valence-corrected chi connectivity index (χ2v) is 7.43. The molecule has 1 N–H and O–H groups in total. The van der Waals surface area contributed by atoms with E-state index in [0.717, 1.165) is 29.5 Å². The summed E-state index contributed by atoms with van der Waals surface area (Å²) in [5.74, 6) is -1.34. The van der Waals surface area contributed by atoms with Crippen molar-refractivity contribution in [2.24, 2.45) is 7.05 Å². The molecule has 0 radical (unpaired) electrons. The number of nitrogens with one attached hydrogen (secondary N) is 1. The quantitative estimate of drug-likeness (QED) is 0.659.